The van der Waals surface area contributed by atoms with E-state index in [1.165, 1.54) is 17.1 Å². The van der Waals surface area contributed by atoms with Gasteiger partial charge in [-0.15, -0.1) is 24.0 Å². The Hall–Kier alpha value is -1.92. The normalized spacial score (nSPS) is 16.9. The summed E-state index contributed by atoms with van der Waals surface area (Å²) in [5.41, 5.74) is -0.0272. The quantitative estimate of drug-likeness (QED) is 0.198. The van der Waals surface area contributed by atoms with Crippen LogP contribution in [-0.4, -0.2) is 63.7 Å². The van der Waals surface area contributed by atoms with Crippen molar-refractivity contribution in [2.24, 2.45) is 4.99 Å². The number of guanidine groups is 1. The topological polar surface area (TPSA) is 118 Å². The molecule has 0 bridgehead atoms. The second-order valence-corrected chi connectivity index (χ2v) is 5.80. The van der Waals surface area contributed by atoms with Crippen LogP contribution in [0.3, 0.4) is 0 Å². The zero-order chi connectivity index (χ0) is 18.2. The van der Waals surface area contributed by atoms with Crippen LogP contribution in [0.1, 0.15) is 26.7 Å². The Morgan fingerprint density at radius 2 is 2.27 bits per heavy atom. The summed E-state index contributed by atoms with van der Waals surface area (Å²) in [4.78, 5) is 28.3. The average Bonchev–Trinajstić information content (AvgIpc) is 3.24. The van der Waals surface area contributed by atoms with Crippen molar-refractivity contribution in [1.82, 2.24) is 25.3 Å². The minimum Gasteiger partial charge on any atom is -0.357 e. The Balaban J connectivity index is 0.00000338. The van der Waals surface area contributed by atoms with E-state index >= 15 is 0 Å². The first-order valence-corrected chi connectivity index (χ1v) is 8.53. The van der Waals surface area contributed by atoms with Crippen LogP contribution in [0.4, 0.5) is 5.69 Å². The molecule has 0 aliphatic carbocycles. The van der Waals surface area contributed by atoms with Gasteiger partial charge in [0.2, 0.25) is 5.91 Å². The number of carbonyl (C=O) groups excluding carboxylic acids is 1. The summed E-state index contributed by atoms with van der Waals surface area (Å²) in [6.45, 7) is 6.92. The van der Waals surface area contributed by atoms with Crippen molar-refractivity contribution in [2.75, 3.05) is 26.2 Å². The summed E-state index contributed by atoms with van der Waals surface area (Å²) in [6.07, 6.45) is 4.03. The zero-order valence-corrected chi connectivity index (χ0v) is 17.4. The number of rotatable bonds is 7. The standard InChI is InChI=1S/C15H25N7O3.HI/c1-3-14(23)20-7-5-12(10-20)19-15(16-4-2)17-6-8-21-11-13(9-18-21)22(24)25;/h9,11-12H,3-8,10H2,1-2H3,(H2,16,17,19);1H. The lowest BCUT2D eigenvalue weighted by molar-refractivity contribution is -0.385. The molecule has 2 heterocycles. The molecule has 2 rings (SSSR count). The molecule has 146 valence electrons. The van der Waals surface area contributed by atoms with Gasteiger partial charge in [0.15, 0.2) is 5.96 Å². The molecule has 1 saturated heterocycles. The monoisotopic (exact) mass is 479 g/mol. The lowest BCUT2D eigenvalue weighted by Crippen LogP contribution is -2.45. The van der Waals surface area contributed by atoms with Crippen molar-refractivity contribution in [3.8, 4) is 0 Å². The molecular formula is C15H26IN7O3. The molecule has 1 aliphatic rings. The van der Waals surface area contributed by atoms with Crippen molar-refractivity contribution in [3.63, 3.8) is 0 Å². The van der Waals surface area contributed by atoms with E-state index in [0.717, 1.165) is 19.5 Å². The molecule has 1 amide bonds. The molecule has 11 heteroatoms. The lowest BCUT2D eigenvalue weighted by Gasteiger charge is -2.18. The SMILES string of the molecule is CCNC(=NCCn1cc([N+](=O)[O-])cn1)NC1CCN(C(=O)CC)C1.I. The van der Waals surface area contributed by atoms with E-state index in [2.05, 4.69) is 20.7 Å². The van der Waals surface area contributed by atoms with Crippen molar-refractivity contribution >= 4 is 41.5 Å². The maximum atomic E-state index is 11.7. The smallest absolute Gasteiger partial charge is 0.306 e. The van der Waals surface area contributed by atoms with Crippen molar-refractivity contribution < 1.29 is 9.72 Å². The van der Waals surface area contributed by atoms with E-state index in [1.54, 1.807) is 0 Å². The predicted octanol–water partition coefficient (Wildman–Crippen LogP) is 0.975. The number of nitrogens with zero attached hydrogens (tertiary/aromatic N) is 5. The number of hydrogen-bond donors (Lipinski definition) is 2. The molecule has 1 aliphatic heterocycles. The van der Waals surface area contributed by atoms with Crippen LogP contribution in [0, 0.1) is 10.1 Å². The molecule has 10 nitrogen and oxygen atoms in total. The summed E-state index contributed by atoms with van der Waals surface area (Å²) in [7, 11) is 0. The highest BCUT2D eigenvalue weighted by atomic mass is 127. The fourth-order valence-electron chi connectivity index (χ4n) is 2.68. The Morgan fingerprint density at radius 1 is 1.50 bits per heavy atom. The third kappa shape index (κ3) is 6.42. The van der Waals surface area contributed by atoms with Crippen LogP contribution < -0.4 is 10.6 Å². The number of hydrogen-bond acceptors (Lipinski definition) is 5. The van der Waals surface area contributed by atoms with Gasteiger partial charge in [0.25, 0.3) is 0 Å². The van der Waals surface area contributed by atoms with Gasteiger partial charge in [0.1, 0.15) is 12.4 Å². The zero-order valence-electron chi connectivity index (χ0n) is 15.1. The third-order valence-electron chi connectivity index (χ3n) is 3.96. The molecule has 1 fully saturated rings. The van der Waals surface area contributed by atoms with Crippen LogP contribution in [-0.2, 0) is 11.3 Å². The van der Waals surface area contributed by atoms with Gasteiger partial charge in [0.05, 0.1) is 18.0 Å². The third-order valence-corrected chi connectivity index (χ3v) is 3.96. The van der Waals surface area contributed by atoms with Crippen molar-refractivity contribution in [3.05, 3.63) is 22.5 Å². The molecule has 0 aromatic carbocycles. The fourth-order valence-corrected chi connectivity index (χ4v) is 2.68. The minimum atomic E-state index is -0.470. The number of halogens is 1. The Kier molecular flexibility index (Phi) is 9.30. The molecule has 1 aromatic heterocycles. The molecule has 0 saturated carbocycles. The van der Waals surface area contributed by atoms with E-state index in [0.29, 0.717) is 32.0 Å². The summed E-state index contributed by atoms with van der Waals surface area (Å²) in [5, 5.41) is 21.1. The van der Waals surface area contributed by atoms with Crippen molar-refractivity contribution in [2.45, 2.75) is 39.3 Å². The molecule has 26 heavy (non-hydrogen) atoms. The molecular weight excluding hydrogens is 453 g/mol. The number of amides is 1. The summed E-state index contributed by atoms with van der Waals surface area (Å²) in [6, 6.07) is 0.180. The van der Waals surface area contributed by atoms with Crippen molar-refractivity contribution in [1.29, 1.82) is 0 Å². The van der Waals surface area contributed by atoms with Gasteiger partial charge in [-0.3, -0.25) is 24.6 Å². The van der Waals surface area contributed by atoms with Gasteiger partial charge < -0.3 is 15.5 Å². The first-order chi connectivity index (χ1) is 12.0. The van der Waals surface area contributed by atoms with Gasteiger partial charge >= 0.3 is 5.69 Å². The number of nitro groups is 1. The van der Waals surface area contributed by atoms with Gasteiger partial charge in [-0.2, -0.15) is 5.10 Å². The maximum Gasteiger partial charge on any atom is 0.306 e. The molecule has 1 aromatic rings. The maximum absolute atomic E-state index is 11.7. The molecule has 2 N–H and O–H groups in total. The van der Waals surface area contributed by atoms with Crippen LogP contribution in [0.5, 0.6) is 0 Å². The van der Waals surface area contributed by atoms with E-state index in [9.17, 15) is 14.9 Å². The number of aromatic nitrogens is 2. The highest BCUT2D eigenvalue weighted by Crippen LogP contribution is 2.10. The highest BCUT2D eigenvalue weighted by Gasteiger charge is 2.25. The fraction of sp³-hybridized carbons (Fsp3) is 0.667. The second kappa shape index (κ2) is 10.9. The molecule has 1 atom stereocenters. The minimum absolute atomic E-state index is 0. The van der Waals surface area contributed by atoms with E-state index in [1.807, 2.05) is 18.7 Å². The Morgan fingerprint density at radius 3 is 2.88 bits per heavy atom. The van der Waals surface area contributed by atoms with Crippen LogP contribution in [0.2, 0.25) is 0 Å². The van der Waals surface area contributed by atoms with E-state index in [-0.39, 0.29) is 41.6 Å². The molecule has 1 unspecified atom stereocenters. The largest absolute Gasteiger partial charge is 0.357 e. The number of aliphatic imine (C=N–C) groups is 1. The number of nitrogens with one attached hydrogen (secondary N) is 2. The number of likely N-dealkylation sites (tertiary alicyclic amines) is 1. The lowest BCUT2D eigenvalue weighted by atomic mass is 10.3. The van der Waals surface area contributed by atoms with Gasteiger partial charge in [-0.25, -0.2) is 0 Å². The van der Waals surface area contributed by atoms with Crippen LogP contribution in [0.15, 0.2) is 17.4 Å². The Bertz CT molecular complexity index is 635. The Labute approximate surface area is 169 Å². The van der Waals surface area contributed by atoms with Crippen LogP contribution >= 0.6 is 24.0 Å². The first-order valence-electron chi connectivity index (χ1n) is 8.53. The highest BCUT2D eigenvalue weighted by molar-refractivity contribution is 14.0. The van der Waals surface area contributed by atoms with Gasteiger partial charge in [-0.05, 0) is 13.3 Å². The van der Waals surface area contributed by atoms with E-state index in [4.69, 9.17) is 0 Å². The second-order valence-electron chi connectivity index (χ2n) is 5.80. The number of carbonyl (C=O) groups is 1. The molecule has 0 spiro atoms. The summed E-state index contributed by atoms with van der Waals surface area (Å²) in [5.74, 6) is 0.853. The van der Waals surface area contributed by atoms with E-state index < -0.39 is 4.92 Å². The summed E-state index contributed by atoms with van der Waals surface area (Å²) >= 11 is 0. The summed E-state index contributed by atoms with van der Waals surface area (Å²) < 4.78 is 1.50. The van der Waals surface area contributed by atoms with Gasteiger partial charge in [0, 0.05) is 32.1 Å². The van der Waals surface area contributed by atoms with Crippen LogP contribution in [0.25, 0.3) is 0 Å². The first kappa shape index (κ1) is 22.1. The molecule has 0 radical (unpaired) electrons. The average molecular weight is 479 g/mol. The predicted molar refractivity (Wildman–Crippen MR) is 109 cm³/mol. The van der Waals surface area contributed by atoms with Gasteiger partial charge in [-0.1, -0.05) is 6.92 Å².